The topological polar surface area (TPSA) is 84.6 Å². The fraction of sp³-hybridized carbons (Fsp3) is 0. The van der Waals surface area contributed by atoms with Gasteiger partial charge in [-0.25, -0.2) is 0 Å². The van der Waals surface area contributed by atoms with Gasteiger partial charge in [0.25, 0.3) is 15.4 Å². The van der Waals surface area contributed by atoms with Crippen molar-refractivity contribution in [3.05, 3.63) is 18.1 Å². The van der Waals surface area contributed by atoms with E-state index in [4.69, 9.17) is 16.2 Å². The van der Waals surface area contributed by atoms with E-state index in [0.29, 0.717) is 0 Å². The van der Waals surface area contributed by atoms with E-state index >= 15 is 0 Å². The van der Waals surface area contributed by atoms with Crippen LogP contribution in [0, 0.1) is 0 Å². The Balaban J connectivity index is 3.17. The Kier molecular flexibility index (Phi) is 2.22. The van der Waals surface area contributed by atoms with Crippen molar-refractivity contribution in [2.45, 2.75) is 4.90 Å². The lowest BCUT2D eigenvalue weighted by Gasteiger charge is -1.84. The third-order valence-electron chi connectivity index (χ3n) is 1.07. The van der Waals surface area contributed by atoms with Crippen LogP contribution >= 0.6 is 11.6 Å². The van der Waals surface area contributed by atoms with E-state index in [-0.39, 0.29) is 5.76 Å². The van der Waals surface area contributed by atoms with Crippen LogP contribution in [0.15, 0.2) is 21.6 Å². The Hall–Kier alpha value is -0.850. The molecule has 0 aromatic carbocycles. The molecule has 0 atom stereocenters. The van der Waals surface area contributed by atoms with Gasteiger partial charge in [0.15, 0.2) is 5.76 Å². The van der Waals surface area contributed by atoms with Crippen molar-refractivity contribution in [2.24, 2.45) is 0 Å². The predicted molar refractivity (Wildman–Crippen MR) is 38.7 cm³/mol. The van der Waals surface area contributed by atoms with Gasteiger partial charge in [-0.1, -0.05) is 0 Å². The SMILES string of the molecule is O=C(Cl)c1cc(S(=O)(=O)O)co1. The molecule has 7 heteroatoms. The summed E-state index contributed by atoms with van der Waals surface area (Å²) in [6, 6.07) is 0.838. The largest absolute Gasteiger partial charge is 0.458 e. The van der Waals surface area contributed by atoms with Crippen LogP contribution in [0.1, 0.15) is 10.6 Å². The number of carbonyl (C=O) groups is 1. The van der Waals surface area contributed by atoms with Gasteiger partial charge in [0.2, 0.25) is 0 Å². The van der Waals surface area contributed by atoms with Crippen LogP contribution in [0.25, 0.3) is 0 Å². The molecule has 0 unspecified atom stereocenters. The van der Waals surface area contributed by atoms with Crippen molar-refractivity contribution >= 4 is 27.0 Å². The summed E-state index contributed by atoms with van der Waals surface area (Å²) in [6.45, 7) is 0. The van der Waals surface area contributed by atoms with Crippen LogP contribution < -0.4 is 0 Å². The smallest absolute Gasteiger partial charge is 0.297 e. The Morgan fingerprint density at radius 3 is 2.42 bits per heavy atom. The van der Waals surface area contributed by atoms with Gasteiger partial charge in [-0.2, -0.15) is 8.42 Å². The van der Waals surface area contributed by atoms with Crippen molar-refractivity contribution in [2.75, 3.05) is 0 Å². The molecule has 0 fully saturated rings. The van der Waals surface area contributed by atoms with Crippen LogP contribution in [0.3, 0.4) is 0 Å². The normalized spacial score (nSPS) is 11.5. The molecule has 66 valence electrons. The molecule has 5 nitrogen and oxygen atoms in total. The Bertz CT molecular complexity index is 403. The average molecular weight is 211 g/mol. The summed E-state index contributed by atoms with van der Waals surface area (Å²) in [7, 11) is -4.32. The first-order chi connectivity index (χ1) is 5.41. The van der Waals surface area contributed by atoms with E-state index in [1.807, 2.05) is 0 Å². The quantitative estimate of drug-likeness (QED) is 0.579. The molecule has 1 N–H and O–H groups in total. The number of halogens is 1. The van der Waals surface area contributed by atoms with Crippen molar-refractivity contribution in [1.82, 2.24) is 0 Å². The molecule has 0 bridgehead atoms. The van der Waals surface area contributed by atoms with E-state index < -0.39 is 20.3 Å². The molecule has 1 heterocycles. The van der Waals surface area contributed by atoms with Crippen LogP contribution in [-0.4, -0.2) is 18.2 Å². The number of furan rings is 1. The van der Waals surface area contributed by atoms with Gasteiger partial charge < -0.3 is 4.42 Å². The monoisotopic (exact) mass is 210 g/mol. The zero-order valence-corrected chi connectivity index (χ0v) is 7.09. The molecule has 0 spiro atoms. The predicted octanol–water partition coefficient (Wildman–Crippen LogP) is 0.905. The van der Waals surface area contributed by atoms with Crippen LogP contribution in [0.2, 0.25) is 0 Å². The zero-order chi connectivity index (χ0) is 9.35. The van der Waals surface area contributed by atoms with E-state index in [9.17, 15) is 13.2 Å². The maximum Gasteiger partial charge on any atom is 0.297 e. The van der Waals surface area contributed by atoms with Gasteiger partial charge in [0.05, 0.1) is 0 Å². The van der Waals surface area contributed by atoms with E-state index in [1.54, 1.807) is 0 Å². The van der Waals surface area contributed by atoms with Crippen LogP contribution in [0.4, 0.5) is 0 Å². The molecule has 1 aromatic rings. The molecule has 0 saturated heterocycles. The average Bonchev–Trinajstić information content (AvgIpc) is 2.30. The minimum absolute atomic E-state index is 0.329. The maximum atomic E-state index is 10.4. The highest BCUT2D eigenvalue weighted by Crippen LogP contribution is 2.14. The Morgan fingerprint density at radius 2 is 2.17 bits per heavy atom. The van der Waals surface area contributed by atoms with Gasteiger partial charge in [0, 0.05) is 6.07 Å². The summed E-state index contributed by atoms with van der Waals surface area (Å²) in [6.07, 6.45) is 0.727. The van der Waals surface area contributed by atoms with Crippen molar-refractivity contribution < 1.29 is 22.2 Å². The minimum atomic E-state index is -4.32. The van der Waals surface area contributed by atoms with Gasteiger partial charge in [-0.3, -0.25) is 9.35 Å². The molecule has 0 aliphatic rings. The van der Waals surface area contributed by atoms with Gasteiger partial charge in [0.1, 0.15) is 11.2 Å². The molecule has 0 aliphatic heterocycles. The summed E-state index contributed by atoms with van der Waals surface area (Å²) >= 11 is 4.96. The lowest BCUT2D eigenvalue weighted by molar-refractivity contribution is 0.105. The molecule has 0 amide bonds. The summed E-state index contributed by atoms with van der Waals surface area (Å²) in [4.78, 5) is 9.89. The minimum Gasteiger partial charge on any atom is -0.458 e. The van der Waals surface area contributed by atoms with Crippen molar-refractivity contribution in [3.8, 4) is 0 Å². The molecule has 0 radical (unpaired) electrons. The van der Waals surface area contributed by atoms with Gasteiger partial charge in [-0.15, -0.1) is 0 Å². The van der Waals surface area contributed by atoms with Crippen LogP contribution in [0.5, 0.6) is 0 Å². The van der Waals surface area contributed by atoms with Crippen LogP contribution in [-0.2, 0) is 10.1 Å². The second-order valence-corrected chi connectivity index (χ2v) is 3.66. The van der Waals surface area contributed by atoms with Crippen molar-refractivity contribution in [1.29, 1.82) is 0 Å². The fourth-order valence-electron chi connectivity index (χ4n) is 0.557. The highest BCUT2D eigenvalue weighted by atomic mass is 35.5. The molecule has 1 aromatic heterocycles. The van der Waals surface area contributed by atoms with Gasteiger partial charge in [-0.05, 0) is 11.6 Å². The van der Waals surface area contributed by atoms with Crippen molar-refractivity contribution in [3.63, 3.8) is 0 Å². The standard InChI is InChI=1S/C5H3ClO5S/c6-5(7)4-1-3(2-11-4)12(8,9)10/h1-2H,(H,8,9,10). The number of hydrogen-bond acceptors (Lipinski definition) is 4. The second kappa shape index (κ2) is 2.89. The number of rotatable bonds is 2. The fourth-order valence-corrected chi connectivity index (χ4v) is 1.08. The summed E-state index contributed by atoms with van der Waals surface area (Å²) < 4.78 is 33.7. The maximum absolute atomic E-state index is 10.4. The summed E-state index contributed by atoms with van der Waals surface area (Å²) in [5, 5.41) is -0.926. The van der Waals surface area contributed by atoms with E-state index in [0.717, 1.165) is 12.3 Å². The Morgan fingerprint density at radius 1 is 1.58 bits per heavy atom. The molecular weight excluding hydrogens is 208 g/mol. The highest BCUT2D eigenvalue weighted by molar-refractivity contribution is 7.85. The van der Waals surface area contributed by atoms with Gasteiger partial charge >= 0.3 is 0 Å². The molecule has 12 heavy (non-hydrogen) atoms. The highest BCUT2D eigenvalue weighted by Gasteiger charge is 2.16. The molecular formula is C5H3ClO5S. The zero-order valence-electron chi connectivity index (χ0n) is 5.52. The summed E-state index contributed by atoms with van der Waals surface area (Å²) in [5.41, 5.74) is 0. The number of hydrogen-bond donors (Lipinski definition) is 1. The van der Waals surface area contributed by atoms with E-state index in [1.165, 1.54) is 0 Å². The first-order valence-electron chi connectivity index (χ1n) is 2.67. The lowest BCUT2D eigenvalue weighted by atomic mass is 10.5. The second-order valence-electron chi connectivity index (χ2n) is 1.90. The third-order valence-corrected chi connectivity index (χ3v) is 2.06. The lowest BCUT2D eigenvalue weighted by Crippen LogP contribution is -1.95. The Labute approximate surface area is 72.7 Å². The first kappa shape index (κ1) is 9.24. The molecule has 0 aliphatic carbocycles. The van der Waals surface area contributed by atoms with E-state index in [2.05, 4.69) is 4.42 Å². The first-order valence-corrected chi connectivity index (χ1v) is 4.49. The third kappa shape index (κ3) is 1.84. The summed E-state index contributed by atoms with van der Waals surface area (Å²) in [5.74, 6) is -0.329. The molecule has 1 rings (SSSR count). The molecule has 0 saturated carbocycles. The number of carbonyl (C=O) groups excluding carboxylic acids is 1.